The number of pyridine rings is 1. The maximum Gasteiger partial charge on any atom is 0.132 e. The van der Waals surface area contributed by atoms with E-state index in [-0.39, 0.29) is 0 Å². The molecule has 4 heteroatoms. The summed E-state index contributed by atoms with van der Waals surface area (Å²) in [5.74, 6) is 1.26. The maximum absolute atomic E-state index is 6.02. The lowest BCUT2D eigenvalue weighted by Gasteiger charge is -2.08. The Labute approximate surface area is 112 Å². The summed E-state index contributed by atoms with van der Waals surface area (Å²) in [5, 5.41) is 0.566. The highest BCUT2D eigenvalue weighted by molar-refractivity contribution is 6.31. The molecule has 18 heavy (non-hydrogen) atoms. The minimum absolute atomic E-state index is 0.317. The van der Waals surface area contributed by atoms with Crippen LogP contribution in [0.5, 0.6) is 5.75 Å². The number of nitrogens with two attached hydrogens (primary N) is 1. The molecular formula is C14H15ClN2O. The molecule has 2 N–H and O–H groups in total. The summed E-state index contributed by atoms with van der Waals surface area (Å²) in [6.45, 7) is 2.42. The fourth-order valence-electron chi connectivity index (χ4n) is 1.61. The van der Waals surface area contributed by atoms with E-state index in [0.29, 0.717) is 23.1 Å². The van der Waals surface area contributed by atoms with Crippen molar-refractivity contribution in [3.63, 3.8) is 0 Å². The van der Waals surface area contributed by atoms with Crippen LogP contribution in [0, 0.1) is 0 Å². The van der Waals surface area contributed by atoms with E-state index in [1.54, 1.807) is 12.1 Å². The lowest BCUT2D eigenvalue weighted by Crippen LogP contribution is -2.02. The average molecular weight is 263 g/mol. The van der Waals surface area contributed by atoms with Gasteiger partial charge >= 0.3 is 0 Å². The molecule has 2 aromatic rings. The van der Waals surface area contributed by atoms with E-state index in [2.05, 4.69) is 18.0 Å². The predicted octanol–water partition coefficient (Wildman–Crippen LogP) is 3.46. The largest absolute Gasteiger partial charge is 0.487 e. The van der Waals surface area contributed by atoms with Crippen LogP contribution in [0.3, 0.4) is 0 Å². The van der Waals surface area contributed by atoms with Gasteiger partial charge in [-0.25, -0.2) is 4.98 Å². The van der Waals surface area contributed by atoms with Crippen molar-refractivity contribution in [3.8, 4) is 5.75 Å². The van der Waals surface area contributed by atoms with Gasteiger partial charge in [-0.3, -0.25) is 0 Å². The van der Waals surface area contributed by atoms with Gasteiger partial charge < -0.3 is 10.5 Å². The fourth-order valence-corrected chi connectivity index (χ4v) is 1.77. The van der Waals surface area contributed by atoms with Gasteiger partial charge in [0.2, 0.25) is 0 Å². The lowest BCUT2D eigenvalue weighted by molar-refractivity contribution is 0.301. The predicted molar refractivity (Wildman–Crippen MR) is 73.8 cm³/mol. The number of benzene rings is 1. The summed E-state index contributed by atoms with van der Waals surface area (Å²) in [7, 11) is 0. The van der Waals surface area contributed by atoms with Crippen LogP contribution in [0.4, 0.5) is 5.82 Å². The van der Waals surface area contributed by atoms with Gasteiger partial charge in [-0.1, -0.05) is 30.7 Å². The fraction of sp³-hybridized carbons (Fsp3) is 0.214. The number of hydrogen-bond donors (Lipinski definition) is 1. The van der Waals surface area contributed by atoms with E-state index in [1.165, 1.54) is 5.56 Å². The molecule has 0 saturated heterocycles. The Morgan fingerprint density at radius 1 is 1.28 bits per heavy atom. The topological polar surface area (TPSA) is 48.1 Å². The van der Waals surface area contributed by atoms with Gasteiger partial charge in [0.15, 0.2) is 0 Å². The Bertz CT molecular complexity index is 543. The van der Waals surface area contributed by atoms with E-state index in [1.807, 2.05) is 18.2 Å². The van der Waals surface area contributed by atoms with Crippen LogP contribution in [-0.2, 0) is 13.0 Å². The molecule has 0 atom stereocenters. The van der Waals surface area contributed by atoms with E-state index in [4.69, 9.17) is 22.1 Å². The summed E-state index contributed by atoms with van der Waals surface area (Å²) < 4.78 is 5.67. The minimum Gasteiger partial charge on any atom is -0.487 e. The summed E-state index contributed by atoms with van der Waals surface area (Å²) in [6, 6.07) is 11.4. The molecule has 0 fully saturated rings. The molecule has 94 valence electrons. The zero-order valence-corrected chi connectivity index (χ0v) is 10.9. The second-order valence-corrected chi connectivity index (χ2v) is 4.36. The molecule has 1 aromatic carbocycles. The minimum atomic E-state index is 0.317. The third-order valence-electron chi connectivity index (χ3n) is 2.62. The van der Waals surface area contributed by atoms with E-state index >= 15 is 0 Å². The first-order valence-electron chi connectivity index (χ1n) is 5.81. The highest BCUT2D eigenvalue weighted by atomic mass is 35.5. The zero-order chi connectivity index (χ0) is 13.0. The normalized spacial score (nSPS) is 10.3. The molecule has 0 spiro atoms. The van der Waals surface area contributed by atoms with Gasteiger partial charge in [0, 0.05) is 0 Å². The molecule has 0 saturated carbocycles. The van der Waals surface area contributed by atoms with Crippen molar-refractivity contribution < 1.29 is 4.74 Å². The number of aromatic nitrogens is 1. The molecule has 1 aromatic heterocycles. The van der Waals surface area contributed by atoms with Crippen molar-refractivity contribution >= 4 is 17.4 Å². The molecule has 0 bridgehead atoms. The molecule has 2 rings (SSSR count). The number of anilines is 1. The van der Waals surface area contributed by atoms with Crippen molar-refractivity contribution in [2.75, 3.05) is 5.73 Å². The van der Waals surface area contributed by atoms with Crippen molar-refractivity contribution in [2.45, 2.75) is 20.0 Å². The molecule has 0 radical (unpaired) electrons. The molecule has 0 aliphatic carbocycles. The maximum atomic E-state index is 6.02. The van der Waals surface area contributed by atoms with E-state index < -0.39 is 0 Å². The van der Waals surface area contributed by atoms with Crippen LogP contribution in [0.2, 0.25) is 5.02 Å². The van der Waals surface area contributed by atoms with Crippen molar-refractivity contribution in [3.05, 3.63) is 52.7 Å². The number of nitrogens with zero attached hydrogens (tertiary/aromatic N) is 1. The van der Waals surface area contributed by atoms with Crippen molar-refractivity contribution in [2.24, 2.45) is 0 Å². The summed E-state index contributed by atoms with van der Waals surface area (Å²) >= 11 is 6.02. The van der Waals surface area contributed by atoms with Crippen molar-refractivity contribution in [1.82, 2.24) is 4.98 Å². The zero-order valence-electron chi connectivity index (χ0n) is 10.2. The number of nitrogen functional groups attached to an aromatic ring is 1. The molecule has 3 nitrogen and oxygen atoms in total. The quantitative estimate of drug-likeness (QED) is 0.918. The first kappa shape index (κ1) is 12.7. The van der Waals surface area contributed by atoms with Gasteiger partial charge in [-0.2, -0.15) is 0 Å². The van der Waals surface area contributed by atoms with Crippen LogP contribution in [0.25, 0.3) is 0 Å². The third-order valence-corrected chi connectivity index (χ3v) is 2.97. The van der Waals surface area contributed by atoms with Gasteiger partial charge in [0.05, 0.1) is 10.7 Å². The second kappa shape index (κ2) is 5.74. The molecular weight excluding hydrogens is 248 g/mol. The van der Waals surface area contributed by atoms with Gasteiger partial charge in [-0.05, 0) is 36.2 Å². The second-order valence-electron chi connectivity index (χ2n) is 3.95. The summed E-state index contributed by atoms with van der Waals surface area (Å²) in [4.78, 5) is 4.15. The Morgan fingerprint density at radius 3 is 2.89 bits per heavy atom. The van der Waals surface area contributed by atoms with Gasteiger partial charge in [-0.15, -0.1) is 0 Å². The summed E-state index contributed by atoms with van der Waals surface area (Å²) in [5.41, 5.74) is 7.50. The van der Waals surface area contributed by atoms with Crippen molar-refractivity contribution in [1.29, 1.82) is 0 Å². The van der Waals surface area contributed by atoms with Crippen LogP contribution < -0.4 is 10.5 Å². The van der Waals surface area contributed by atoms with Crippen LogP contribution in [0.15, 0.2) is 36.4 Å². The molecule has 0 unspecified atom stereocenters. The Kier molecular flexibility index (Phi) is 4.05. The van der Waals surface area contributed by atoms with Crippen LogP contribution >= 0.6 is 11.6 Å². The number of hydrogen-bond acceptors (Lipinski definition) is 3. The lowest BCUT2D eigenvalue weighted by atomic mass is 10.2. The van der Waals surface area contributed by atoms with E-state index in [0.717, 1.165) is 12.2 Å². The Morgan fingerprint density at radius 2 is 2.11 bits per heavy atom. The first-order valence-corrected chi connectivity index (χ1v) is 6.19. The smallest absolute Gasteiger partial charge is 0.132 e. The molecule has 0 amide bonds. The number of ether oxygens (including phenoxy) is 1. The monoisotopic (exact) mass is 262 g/mol. The molecule has 0 aliphatic heterocycles. The van der Waals surface area contributed by atoms with Gasteiger partial charge in [0.25, 0.3) is 0 Å². The number of halogens is 1. The Balaban J connectivity index is 2.08. The molecule has 0 aliphatic rings. The van der Waals surface area contributed by atoms with Crippen LogP contribution in [0.1, 0.15) is 18.2 Å². The SMILES string of the molecule is CCc1cccc(OCc2nc(N)ccc2Cl)c1. The highest BCUT2D eigenvalue weighted by Gasteiger charge is 2.04. The number of aryl methyl sites for hydroxylation is 1. The standard InChI is InChI=1S/C14H15ClN2O/c1-2-10-4-3-5-11(8-10)18-9-13-12(15)6-7-14(16)17-13/h3-8H,2,9H2,1H3,(H2,16,17). The van der Waals surface area contributed by atoms with Gasteiger partial charge in [0.1, 0.15) is 18.2 Å². The van der Waals surface area contributed by atoms with E-state index in [9.17, 15) is 0 Å². The Hall–Kier alpha value is -1.74. The number of rotatable bonds is 4. The van der Waals surface area contributed by atoms with Crippen LogP contribution in [-0.4, -0.2) is 4.98 Å². The highest BCUT2D eigenvalue weighted by Crippen LogP contribution is 2.19. The molecule has 1 heterocycles. The summed E-state index contributed by atoms with van der Waals surface area (Å²) in [6.07, 6.45) is 0.981. The average Bonchev–Trinajstić information content (AvgIpc) is 2.40. The third kappa shape index (κ3) is 3.14. The first-order chi connectivity index (χ1) is 8.69.